The fourth-order valence-electron chi connectivity index (χ4n) is 3.93. The number of hydrogen-bond donors (Lipinski definition) is 2. The molecular weight excluding hydrogens is 410 g/mol. The second kappa shape index (κ2) is 9.21. The number of phenolic OH excluding ortho intramolecular Hbond substituents is 1. The minimum Gasteiger partial charge on any atom is -0.508 e. The number of ether oxygens (including phenoxy) is 1. The number of para-hydroxylation sites is 1. The molecule has 1 aliphatic rings. The molecule has 0 saturated heterocycles. The zero-order valence-corrected chi connectivity index (χ0v) is 18.2. The molecule has 33 heavy (non-hydrogen) atoms. The molecule has 4 aromatic carbocycles. The van der Waals surface area contributed by atoms with E-state index in [1.807, 2.05) is 48.5 Å². The van der Waals surface area contributed by atoms with Gasteiger partial charge in [0.25, 0.3) is 0 Å². The summed E-state index contributed by atoms with van der Waals surface area (Å²) >= 11 is 0. The molecule has 0 heterocycles. The molecule has 0 unspecified atom stereocenters. The average Bonchev–Trinajstić information content (AvgIpc) is 2.80. The molecule has 4 aromatic rings. The molecule has 0 atom stereocenters. The monoisotopic (exact) mass is 435 g/mol. The first-order valence-corrected chi connectivity index (χ1v) is 11.2. The smallest absolute Gasteiger partial charge is 0.248 e. The first kappa shape index (κ1) is 20.8. The Morgan fingerprint density at radius 3 is 2.45 bits per heavy atom. The van der Waals surface area contributed by atoms with Crippen LogP contribution in [0.5, 0.6) is 11.5 Å². The standard InChI is InChI=1S/C29H25NO3/c31-26-16-20(9-14-29(32)30-25-5-2-1-3-6-25)15-24(18-26)22-10-11-23-19-28(13-12-21(23)17-22)33-27-7-4-8-27/h1-3,5-6,9-19,27,31H,4,7-8H2,(H,30,32)/b14-9+. The highest BCUT2D eigenvalue weighted by atomic mass is 16.5. The maximum atomic E-state index is 12.2. The van der Waals surface area contributed by atoms with Gasteiger partial charge in [-0.25, -0.2) is 0 Å². The van der Waals surface area contributed by atoms with Crippen LogP contribution in [0.25, 0.3) is 28.0 Å². The van der Waals surface area contributed by atoms with Crippen molar-refractivity contribution >= 4 is 28.4 Å². The molecule has 1 amide bonds. The molecule has 4 heteroatoms. The minimum absolute atomic E-state index is 0.153. The Bertz CT molecular complexity index is 1320. The Kier molecular flexibility index (Phi) is 5.81. The van der Waals surface area contributed by atoms with Crippen LogP contribution in [-0.4, -0.2) is 17.1 Å². The lowest BCUT2D eigenvalue weighted by atomic mass is 9.96. The number of aromatic hydroxyl groups is 1. The molecule has 4 nitrogen and oxygen atoms in total. The normalized spacial score (nSPS) is 13.7. The quantitative estimate of drug-likeness (QED) is 0.328. The predicted octanol–water partition coefficient (Wildman–Crippen LogP) is 6.80. The van der Waals surface area contributed by atoms with Crippen molar-refractivity contribution in [3.63, 3.8) is 0 Å². The number of fused-ring (bicyclic) bond motifs is 1. The predicted molar refractivity (Wildman–Crippen MR) is 133 cm³/mol. The van der Waals surface area contributed by atoms with E-state index in [0.717, 1.165) is 51.7 Å². The van der Waals surface area contributed by atoms with E-state index in [-0.39, 0.29) is 11.7 Å². The second-order valence-electron chi connectivity index (χ2n) is 8.40. The molecule has 0 aliphatic heterocycles. The van der Waals surface area contributed by atoms with E-state index in [0.29, 0.717) is 6.10 Å². The van der Waals surface area contributed by atoms with Gasteiger partial charge in [0.1, 0.15) is 11.5 Å². The van der Waals surface area contributed by atoms with Crippen LogP contribution in [0.2, 0.25) is 0 Å². The summed E-state index contributed by atoms with van der Waals surface area (Å²) in [4.78, 5) is 12.2. The van der Waals surface area contributed by atoms with Crippen LogP contribution < -0.4 is 10.1 Å². The number of anilines is 1. The number of nitrogens with one attached hydrogen (secondary N) is 1. The highest BCUT2D eigenvalue weighted by Crippen LogP contribution is 2.31. The van der Waals surface area contributed by atoms with Gasteiger partial charge in [0.05, 0.1) is 6.10 Å². The maximum Gasteiger partial charge on any atom is 0.248 e. The van der Waals surface area contributed by atoms with E-state index in [9.17, 15) is 9.90 Å². The van der Waals surface area contributed by atoms with E-state index in [2.05, 4.69) is 29.6 Å². The summed E-state index contributed by atoms with van der Waals surface area (Å²) in [6.07, 6.45) is 7.05. The number of benzene rings is 4. The molecule has 0 aromatic heterocycles. The van der Waals surface area contributed by atoms with Crippen molar-refractivity contribution in [2.45, 2.75) is 25.4 Å². The van der Waals surface area contributed by atoms with Gasteiger partial charge in [-0.2, -0.15) is 0 Å². The second-order valence-corrected chi connectivity index (χ2v) is 8.40. The lowest BCUT2D eigenvalue weighted by molar-refractivity contribution is -0.111. The van der Waals surface area contributed by atoms with Gasteiger partial charge in [-0.1, -0.05) is 36.4 Å². The van der Waals surface area contributed by atoms with Crippen LogP contribution in [0, 0.1) is 0 Å². The third kappa shape index (κ3) is 5.07. The number of phenols is 1. The molecule has 164 valence electrons. The summed E-state index contributed by atoms with van der Waals surface area (Å²) in [5, 5.41) is 15.3. The summed E-state index contributed by atoms with van der Waals surface area (Å²) < 4.78 is 6.02. The zero-order chi connectivity index (χ0) is 22.6. The van der Waals surface area contributed by atoms with Gasteiger partial charge in [-0.05, 0) is 101 Å². The molecular formula is C29H25NO3. The fraction of sp³-hybridized carbons (Fsp3) is 0.138. The Morgan fingerprint density at radius 1 is 0.879 bits per heavy atom. The summed E-state index contributed by atoms with van der Waals surface area (Å²) in [7, 11) is 0. The number of carbonyl (C=O) groups is 1. The van der Waals surface area contributed by atoms with Gasteiger partial charge in [0.15, 0.2) is 0 Å². The molecule has 0 radical (unpaired) electrons. The zero-order valence-electron chi connectivity index (χ0n) is 18.2. The SMILES string of the molecule is O=C(/C=C/c1cc(O)cc(-c2ccc3cc(OC4CCC4)ccc3c2)c1)Nc1ccccc1. The number of rotatable bonds is 6. The van der Waals surface area contributed by atoms with Crippen molar-refractivity contribution in [2.24, 2.45) is 0 Å². The van der Waals surface area contributed by atoms with Crippen LogP contribution in [-0.2, 0) is 4.79 Å². The van der Waals surface area contributed by atoms with E-state index >= 15 is 0 Å². The topological polar surface area (TPSA) is 58.6 Å². The van der Waals surface area contributed by atoms with Crippen molar-refractivity contribution in [1.82, 2.24) is 0 Å². The van der Waals surface area contributed by atoms with E-state index < -0.39 is 0 Å². The molecule has 1 fully saturated rings. The summed E-state index contributed by atoms with van der Waals surface area (Å²) in [6.45, 7) is 0. The van der Waals surface area contributed by atoms with Gasteiger partial charge >= 0.3 is 0 Å². The van der Waals surface area contributed by atoms with Gasteiger partial charge in [-0.15, -0.1) is 0 Å². The van der Waals surface area contributed by atoms with E-state index in [1.165, 1.54) is 12.5 Å². The van der Waals surface area contributed by atoms with E-state index in [1.54, 1.807) is 18.2 Å². The Hall–Kier alpha value is -4.05. The van der Waals surface area contributed by atoms with Gasteiger partial charge in [-0.3, -0.25) is 4.79 Å². The highest BCUT2D eigenvalue weighted by Gasteiger charge is 2.19. The molecule has 0 bridgehead atoms. The minimum atomic E-state index is -0.225. The Morgan fingerprint density at radius 2 is 1.67 bits per heavy atom. The van der Waals surface area contributed by atoms with Gasteiger partial charge in [0.2, 0.25) is 5.91 Å². The molecule has 5 rings (SSSR count). The fourth-order valence-corrected chi connectivity index (χ4v) is 3.93. The van der Waals surface area contributed by atoms with Crippen LogP contribution in [0.4, 0.5) is 5.69 Å². The highest BCUT2D eigenvalue weighted by molar-refractivity contribution is 6.02. The molecule has 1 saturated carbocycles. The molecule has 0 spiro atoms. The maximum absolute atomic E-state index is 12.2. The van der Waals surface area contributed by atoms with Crippen molar-refractivity contribution in [3.8, 4) is 22.6 Å². The molecule has 2 N–H and O–H groups in total. The Balaban J connectivity index is 1.35. The lowest BCUT2D eigenvalue weighted by Gasteiger charge is -2.26. The third-order valence-electron chi connectivity index (χ3n) is 5.91. The first-order chi connectivity index (χ1) is 16.1. The van der Waals surface area contributed by atoms with E-state index in [4.69, 9.17) is 4.74 Å². The van der Waals surface area contributed by atoms with Gasteiger partial charge < -0.3 is 15.2 Å². The Labute approximate surface area is 193 Å². The summed E-state index contributed by atoms with van der Waals surface area (Å²) in [5.74, 6) is 0.843. The van der Waals surface area contributed by atoms with Crippen molar-refractivity contribution in [2.75, 3.05) is 5.32 Å². The van der Waals surface area contributed by atoms with Crippen LogP contribution in [0.15, 0.2) is 91.0 Å². The van der Waals surface area contributed by atoms with Crippen LogP contribution in [0.1, 0.15) is 24.8 Å². The van der Waals surface area contributed by atoms with Crippen molar-refractivity contribution in [1.29, 1.82) is 0 Å². The van der Waals surface area contributed by atoms with Crippen LogP contribution >= 0.6 is 0 Å². The number of hydrogen-bond acceptors (Lipinski definition) is 3. The average molecular weight is 436 g/mol. The summed E-state index contributed by atoms with van der Waals surface area (Å²) in [5.41, 5.74) is 3.36. The lowest BCUT2D eigenvalue weighted by Crippen LogP contribution is -2.24. The van der Waals surface area contributed by atoms with Crippen molar-refractivity contribution < 1.29 is 14.6 Å². The number of amides is 1. The largest absolute Gasteiger partial charge is 0.508 e. The molecule has 1 aliphatic carbocycles. The van der Waals surface area contributed by atoms with Crippen molar-refractivity contribution in [3.05, 3.63) is 96.6 Å². The first-order valence-electron chi connectivity index (χ1n) is 11.2. The third-order valence-corrected chi connectivity index (χ3v) is 5.91. The summed E-state index contributed by atoms with van der Waals surface area (Å²) in [6, 6.07) is 27.0. The van der Waals surface area contributed by atoms with Gasteiger partial charge in [0, 0.05) is 11.8 Å². The van der Waals surface area contributed by atoms with Crippen LogP contribution in [0.3, 0.4) is 0 Å². The number of carbonyl (C=O) groups excluding carboxylic acids is 1.